The van der Waals surface area contributed by atoms with Crippen LogP contribution in [0.4, 0.5) is 5.69 Å². The topological polar surface area (TPSA) is 18.5 Å². The molecule has 4 heteroatoms. The van der Waals surface area contributed by atoms with Crippen molar-refractivity contribution >= 4 is 15.7 Å². The van der Waals surface area contributed by atoms with Gasteiger partial charge in [-0.05, 0) is 0 Å². The van der Waals surface area contributed by atoms with Gasteiger partial charge in [-0.3, -0.25) is 0 Å². The normalized spacial score (nSPS) is 14.3. The first-order chi connectivity index (χ1) is 12.7. The molecule has 0 aliphatic heterocycles. The van der Waals surface area contributed by atoms with Crippen molar-refractivity contribution in [1.29, 1.82) is 0 Å². The minimum atomic E-state index is -1.87. The number of hydrogen-bond acceptors (Lipinski definition) is 3. The van der Waals surface area contributed by atoms with Gasteiger partial charge in [-0.2, -0.15) is 0 Å². The maximum atomic E-state index is 3.72. The van der Waals surface area contributed by atoms with Crippen molar-refractivity contribution in [2.24, 2.45) is 0 Å². The van der Waals surface area contributed by atoms with Crippen LogP contribution < -0.4 is 15.8 Å². The summed E-state index contributed by atoms with van der Waals surface area (Å²) in [6, 6.07) is 13.5. The predicted molar refractivity (Wildman–Crippen MR) is 115 cm³/mol. The summed E-state index contributed by atoms with van der Waals surface area (Å²) in [5.74, 6) is 0. The van der Waals surface area contributed by atoms with Crippen LogP contribution in [-0.4, -0.2) is 40.6 Å². The van der Waals surface area contributed by atoms with Gasteiger partial charge < -0.3 is 0 Å². The Balaban J connectivity index is 2.44. The van der Waals surface area contributed by atoms with Crippen LogP contribution in [0, 0.1) is 0 Å². The molecule has 0 bridgehead atoms. The van der Waals surface area contributed by atoms with E-state index in [1.54, 1.807) is 3.96 Å². The molecule has 27 heavy (non-hydrogen) atoms. The molecule has 0 unspecified atom stereocenters. The van der Waals surface area contributed by atoms with Crippen LogP contribution in [0.25, 0.3) is 21.2 Å². The Labute approximate surface area is 170 Å². The number of rotatable bonds is 4. The molecule has 3 nitrogen and oxygen atoms in total. The molecule has 0 atom stereocenters. The van der Waals surface area contributed by atoms with Crippen LogP contribution in [0.15, 0.2) is 36.4 Å². The standard InChI is InChI=1S/C19H20N.2C2H6N.Mo/c1-5-14-17-12-13-8-6-7-9-15(13)16(17)10-11-18(14)20-19(2,3)4;2*1-3-2;/h5-11,20H,1-4H3;2*1-2H3;/q;2*-1;+2. The van der Waals surface area contributed by atoms with E-state index in [0.29, 0.717) is 0 Å². The predicted octanol–water partition coefficient (Wildman–Crippen LogP) is 3.41. The van der Waals surface area contributed by atoms with Crippen LogP contribution in [0.5, 0.6) is 0 Å². The van der Waals surface area contributed by atoms with E-state index in [-0.39, 0.29) is 5.54 Å². The second-order valence-electron chi connectivity index (χ2n) is 8.38. The van der Waals surface area contributed by atoms with Gasteiger partial charge in [0.05, 0.1) is 0 Å². The van der Waals surface area contributed by atoms with Gasteiger partial charge in [0.25, 0.3) is 0 Å². The fraction of sp³-hybridized carbons (Fsp3) is 0.391. The molecule has 0 aromatic heterocycles. The Morgan fingerprint density at radius 3 is 1.96 bits per heavy atom. The molecule has 1 aliphatic carbocycles. The van der Waals surface area contributed by atoms with Gasteiger partial charge in [-0.25, -0.2) is 0 Å². The first kappa shape index (κ1) is 20.3. The van der Waals surface area contributed by atoms with E-state index in [9.17, 15) is 0 Å². The summed E-state index contributed by atoms with van der Waals surface area (Å²) < 4.78 is 6.49. The maximum absolute atomic E-state index is 3.72. The molecule has 0 amide bonds. The average Bonchev–Trinajstić information content (AvgIpc) is 2.88. The second-order valence-corrected chi connectivity index (χ2v) is 14.3. The van der Waals surface area contributed by atoms with Crippen molar-refractivity contribution in [3.63, 3.8) is 0 Å². The molecule has 145 valence electrons. The van der Waals surface area contributed by atoms with Crippen molar-refractivity contribution in [1.82, 2.24) is 6.92 Å². The van der Waals surface area contributed by atoms with Gasteiger partial charge in [0.1, 0.15) is 0 Å². The molecule has 0 heterocycles. The van der Waals surface area contributed by atoms with E-state index in [4.69, 9.17) is 0 Å². The second kappa shape index (κ2) is 7.54. The Morgan fingerprint density at radius 1 is 0.852 bits per heavy atom. The average molecular weight is 446 g/mol. The van der Waals surface area contributed by atoms with Gasteiger partial charge in [0.2, 0.25) is 0 Å². The van der Waals surface area contributed by atoms with Crippen molar-refractivity contribution < 1.29 is 17.8 Å². The van der Waals surface area contributed by atoms with Gasteiger partial charge in [-0.15, -0.1) is 0 Å². The fourth-order valence-electron chi connectivity index (χ4n) is 3.83. The molecule has 0 spiro atoms. The summed E-state index contributed by atoms with van der Waals surface area (Å²) in [6.45, 7) is 8.82. The summed E-state index contributed by atoms with van der Waals surface area (Å²) in [5.41, 5.74) is 5.43. The third-order valence-corrected chi connectivity index (χ3v) is 9.95. The summed E-state index contributed by atoms with van der Waals surface area (Å²) in [6.07, 6.45) is 2.28. The Morgan fingerprint density at radius 2 is 1.44 bits per heavy atom. The first-order valence-corrected chi connectivity index (χ1v) is 12.3. The third-order valence-electron chi connectivity index (χ3n) is 4.61. The molecule has 0 saturated heterocycles. The van der Waals surface area contributed by atoms with E-state index in [0.717, 1.165) is 0 Å². The fourth-order valence-corrected chi connectivity index (χ4v) is 9.14. The summed E-state index contributed by atoms with van der Waals surface area (Å²) >= 11 is -1.87. The molecule has 0 radical (unpaired) electrons. The summed E-state index contributed by atoms with van der Waals surface area (Å²) in [7, 11) is 8.93. The monoisotopic (exact) mass is 448 g/mol. The van der Waals surface area contributed by atoms with E-state index in [1.165, 1.54) is 32.8 Å². The van der Waals surface area contributed by atoms with Crippen LogP contribution in [-0.2, 0) is 17.8 Å². The van der Waals surface area contributed by atoms with Gasteiger partial charge in [0.15, 0.2) is 0 Å². The quantitative estimate of drug-likeness (QED) is 0.727. The number of anilines is 1. The molecular weight excluding hydrogens is 414 g/mol. The molecule has 0 fully saturated rings. The zero-order valence-electron chi connectivity index (χ0n) is 17.8. The number of benzene rings is 2. The van der Waals surface area contributed by atoms with Gasteiger partial charge >= 0.3 is 171 Å². The number of nitrogens with one attached hydrogen (secondary N) is 1. The van der Waals surface area contributed by atoms with Crippen LogP contribution >= 0.6 is 0 Å². The number of nitrogens with zero attached hydrogens (tertiary/aromatic N) is 2. The number of hydrogen-bond donors (Lipinski definition) is 1. The summed E-state index contributed by atoms with van der Waals surface area (Å²) in [5, 5.41) is 6.50. The molecule has 1 N–H and O–H groups in total. The van der Waals surface area contributed by atoms with Crippen molar-refractivity contribution in [2.45, 2.75) is 33.2 Å². The van der Waals surface area contributed by atoms with Crippen molar-refractivity contribution in [3.05, 3.63) is 52.4 Å². The molecule has 3 rings (SSSR count). The van der Waals surface area contributed by atoms with Crippen LogP contribution in [0.3, 0.4) is 0 Å². The third kappa shape index (κ3) is 3.78. The van der Waals surface area contributed by atoms with E-state index in [1.807, 2.05) is 0 Å². The first-order valence-electron chi connectivity index (χ1n) is 9.46. The van der Waals surface area contributed by atoms with Gasteiger partial charge in [-0.1, -0.05) is 0 Å². The van der Waals surface area contributed by atoms with E-state index >= 15 is 0 Å². The Bertz CT molecular complexity index is 960. The molecule has 0 saturated carbocycles. The Hall–Kier alpha value is -1.41. The molecule has 2 aromatic carbocycles. The van der Waals surface area contributed by atoms with Gasteiger partial charge in [0, 0.05) is 0 Å². The van der Waals surface area contributed by atoms with E-state index in [2.05, 4.69) is 111 Å². The molecule has 1 aliphatic rings. The molecular formula is C23H32MoN3. The van der Waals surface area contributed by atoms with E-state index < -0.39 is 17.8 Å². The SMILES string of the molecule is CC=c1c(NC(C)(C)C)ccc2c1=[C]([Mo]([N](C)C)[N](C)C)c1ccccc1-2. The van der Waals surface area contributed by atoms with Crippen LogP contribution in [0.2, 0.25) is 0 Å². The van der Waals surface area contributed by atoms with Crippen molar-refractivity contribution in [3.8, 4) is 11.1 Å². The molecule has 2 aromatic rings. The zero-order valence-corrected chi connectivity index (χ0v) is 19.9. The number of fused-ring (bicyclic) bond motifs is 3. The van der Waals surface area contributed by atoms with Crippen molar-refractivity contribution in [2.75, 3.05) is 33.5 Å². The zero-order chi connectivity index (χ0) is 19.9. The Kier molecular flexibility index (Phi) is 5.68. The van der Waals surface area contributed by atoms with Crippen LogP contribution in [0.1, 0.15) is 33.3 Å². The summed E-state index contributed by atoms with van der Waals surface area (Å²) in [4.78, 5) is 0. The minimum absolute atomic E-state index is 0.0279.